The van der Waals surface area contributed by atoms with Crippen LogP contribution in [0.4, 0.5) is 0 Å². The second-order valence-corrected chi connectivity index (χ2v) is 16.1. The van der Waals surface area contributed by atoms with Gasteiger partial charge in [-0.25, -0.2) is 0 Å². The van der Waals surface area contributed by atoms with Crippen LogP contribution in [-0.2, 0) is 41.6 Å². The summed E-state index contributed by atoms with van der Waals surface area (Å²) in [6, 6.07) is 0.0581. The van der Waals surface area contributed by atoms with E-state index in [2.05, 4.69) is 21.3 Å². The third kappa shape index (κ3) is 14.8. The van der Waals surface area contributed by atoms with Gasteiger partial charge in [0.05, 0.1) is 18.0 Å². The molecule has 3 rings (SSSR count). The molecule has 4 amide bonds. The second kappa shape index (κ2) is 23.8. The second-order valence-electron chi connectivity index (χ2n) is 16.1. The summed E-state index contributed by atoms with van der Waals surface area (Å²) in [5.74, 6) is -4.69. The number of phenols is 1. The summed E-state index contributed by atoms with van der Waals surface area (Å²) < 4.78 is 0. The van der Waals surface area contributed by atoms with Gasteiger partial charge in [-0.15, -0.1) is 0 Å². The Hall–Kier alpha value is -4.34. The molecule has 318 valence electrons. The molecule has 2 bridgehead atoms. The molecule has 1 aromatic rings. The standard InChI is InChI=1S/C42H67N7O8/c1-5-27(4)37(36(51)25-30(42(56)57)22-26(2)3)48-39(53)33-24-28-15-16-35(50)29(23-28)12-7-6-10-19-45-20-17-31(44)38(52)46-32(13-8-9-18-43)41(55)49-21-11-14-34(49)40(54)47-33/h6-7,15-16,23,26-27,30-34,37,45,50H,5,8-14,17-22,24-25,43-44H2,1-4H3,(H,46,52)(H,47,54)(H,48,53)(H,56,57)/t27?,30-,31+,32+,33+,34+,37+/m1/s1. The van der Waals surface area contributed by atoms with E-state index in [4.69, 9.17) is 11.5 Å². The number of allylic oxidation sites excluding steroid dienone is 1. The van der Waals surface area contributed by atoms with Crippen LogP contribution in [0.3, 0.4) is 0 Å². The number of nitrogens with zero attached hydrogens (tertiary/aromatic N) is 1. The van der Waals surface area contributed by atoms with E-state index in [9.17, 15) is 39.0 Å². The predicted octanol–water partition coefficient (Wildman–Crippen LogP) is 2.07. The molecule has 1 fully saturated rings. The molecule has 0 saturated carbocycles. The van der Waals surface area contributed by atoms with E-state index in [-0.39, 0.29) is 37.0 Å². The van der Waals surface area contributed by atoms with Gasteiger partial charge in [-0.1, -0.05) is 58.4 Å². The van der Waals surface area contributed by atoms with Crippen LogP contribution in [0.2, 0.25) is 0 Å². The number of hydrogen-bond donors (Lipinski definition) is 8. The van der Waals surface area contributed by atoms with Crippen molar-refractivity contribution in [2.24, 2.45) is 29.2 Å². The first-order valence-electron chi connectivity index (χ1n) is 20.8. The summed E-state index contributed by atoms with van der Waals surface area (Å²) in [5, 5.41) is 32.4. The maximum Gasteiger partial charge on any atom is 0.306 e. The molecule has 1 aromatic carbocycles. The number of carboxylic acid groups (broad SMARTS) is 1. The zero-order chi connectivity index (χ0) is 42.1. The third-order valence-corrected chi connectivity index (χ3v) is 11.0. The summed E-state index contributed by atoms with van der Waals surface area (Å²) in [6.45, 7) is 9.27. The van der Waals surface area contributed by atoms with Crippen LogP contribution in [0.15, 0.2) is 30.4 Å². The molecule has 1 saturated heterocycles. The van der Waals surface area contributed by atoms with E-state index in [1.165, 1.54) is 4.90 Å². The Bertz CT molecular complexity index is 1550. The summed E-state index contributed by atoms with van der Waals surface area (Å²) in [5.41, 5.74) is 13.2. The number of aromatic hydroxyl groups is 1. The number of ketones is 1. The Labute approximate surface area is 337 Å². The van der Waals surface area contributed by atoms with Gasteiger partial charge in [0, 0.05) is 19.4 Å². The fourth-order valence-electron chi connectivity index (χ4n) is 7.44. The highest BCUT2D eigenvalue weighted by atomic mass is 16.4. The first kappa shape index (κ1) is 47.0. The average molecular weight is 798 g/mol. The molecule has 0 spiro atoms. The van der Waals surface area contributed by atoms with Gasteiger partial charge < -0.3 is 47.8 Å². The number of carbonyl (C=O) groups is 6. The van der Waals surface area contributed by atoms with E-state index in [1.807, 2.05) is 39.8 Å². The van der Waals surface area contributed by atoms with Crippen molar-refractivity contribution < 1.29 is 39.0 Å². The van der Waals surface area contributed by atoms with Gasteiger partial charge in [0.15, 0.2) is 5.78 Å². The van der Waals surface area contributed by atoms with Crippen molar-refractivity contribution in [3.05, 3.63) is 41.5 Å². The quantitative estimate of drug-likeness (QED) is 0.100. The lowest BCUT2D eigenvalue weighted by molar-refractivity contribution is -0.145. The van der Waals surface area contributed by atoms with Crippen LogP contribution >= 0.6 is 0 Å². The number of carbonyl (C=O) groups excluding carboxylic acids is 5. The molecule has 2 aliphatic rings. The summed E-state index contributed by atoms with van der Waals surface area (Å²) in [4.78, 5) is 83.1. The summed E-state index contributed by atoms with van der Waals surface area (Å²) in [7, 11) is 0. The highest BCUT2D eigenvalue weighted by Crippen LogP contribution is 2.24. The number of carboxylic acids is 1. The van der Waals surface area contributed by atoms with Crippen LogP contribution in [0.25, 0.3) is 0 Å². The first-order chi connectivity index (χ1) is 27.2. The van der Waals surface area contributed by atoms with Crippen molar-refractivity contribution >= 4 is 35.4 Å². The highest BCUT2D eigenvalue weighted by molar-refractivity contribution is 5.97. The van der Waals surface area contributed by atoms with Crippen LogP contribution in [0, 0.1) is 17.8 Å². The Balaban J connectivity index is 2.00. The van der Waals surface area contributed by atoms with E-state index in [1.54, 1.807) is 18.2 Å². The summed E-state index contributed by atoms with van der Waals surface area (Å²) in [6.07, 6.45) is 8.29. The Kier molecular flexibility index (Phi) is 19.6. The van der Waals surface area contributed by atoms with Gasteiger partial charge in [0.25, 0.3) is 0 Å². The predicted molar refractivity (Wildman–Crippen MR) is 218 cm³/mol. The topological polar surface area (TPSA) is 246 Å². The number of benzene rings is 1. The fraction of sp³-hybridized carbons (Fsp3) is 0.667. The molecule has 7 atom stereocenters. The van der Waals surface area contributed by atoms with E-state index in [0.29, 0.717) is 95.0 Å². The Morgan fingerprint density at radius 2 is 1.77 bits per heavy atom. The number of aliphatic carboxylic acids is 1. The molecule has 2 aliphatic heterocycles. The normalized spacial score (nSPS) is 23.3. The maximum atomic E-state index is 14.3. The van der Waals surface area contributed by atoms with Gasteiger partial charge >= 0.3 is 5.97 Å². The number of nitrogens with two attached hydrogens (primary N) is 2. The van der Waals surface area contributed by atoms with Gasteiger partial charge in [0.2, 0.25) is 23.6 Å². The third-order valence-electron chi connectivity index (χ3n) is 11.0. The molecule has 15 heteroatoms. The Morgan fingerprint density at radius 1 is 1.02 bits per heavy atom. The number of rotatable bonds is 14. The molecular weight excluding hydrogens is 731 g/mol. The van der Waals surface area contributed by atoms with Crippen molar-refractivity contribution in [3.8, 4) is 5.75 Å². The van der Waals surface area contributed by atoms with Crippen molar-refractivity contribution in [2.45, 2.75) is 135 Å². The van der Waals surface area contributed by atoms with Crippen molar-refractivity contribution in [2.75, 3.05) is 26.2 Å². The lowest BCUT2D eigenvalue weighted by Gasteiger charge is -2.31. The average Bonchev–Trinajstić information content (AvgIpc) is 3.67. The number of amides is 4. The van der Waals surface area contributed by atoms with Crippen molar-refractivity contribution in [1.29, 1.82) is 0 Å². The highest BCUT2D eigenvalue weighted by Gasteiger charge is 2.40. The Morgan fingerprint density at radius 3 is 2.46 bits per heavy atom. The molecule has 0 radical (unpaired) electrons. The number of hydrogen-bond acceptors (Lipinski definition) is 10. The smallest absolute Gasteiger partial charge is 0.306 e. The first-order valence-corrected chi connectivity index (χ1v) is 20.8. The molecule has 15 nitrogen and oxygen atoms in total. The zero-order valence-corrected chi connectivity index (χ0v) is 34.3. The monoisotopic (exact) mass is 798 g/mol. The van der Waals surface area contributed by atoms with Crippen LogP contribution < -0.4 is 32.7 Å². The summed E-state index contributed by atoms with van der Waals surface area (Å²) >= 11 is 0. The number of nitrogens with one attached hydrogen (secondary N) is 4. The van der Waals surface area contributed by atoms with Crippen LogP contribution in [0.5, 0.6) is 5.75 Å². The molecule has 0 aliphatic carbocycles. The number of fused-ring (bicyclic) bond motifs is 3. The zero-order valence-electron chi connectivity index (χ0n) is 34.3. The molecule has 10 N–H and O–H groups in total. The van der Waals surface area contributed by atoms with Gasteiger partial charge in [-0.3, -0.25) is 28.8 Å². The number of unbranched alkanes of at least 4 members (excludes halogenated alkanes) is 1. The van der Waals surface area contributed by atoms with Crippen LogP contribution in [-0.4, -0.2) is 107 Å². The minimum absolute atomic E-state index is 0.00132. The van der Waals surface area contributed by atoms with Crippen LogP contribution in [0.1, 0.15) is 103 Å². The lowest BCUT2D eigenvalue weighted by atomic mass is 9.86. The van der Waals surface area contributed by atoms with E-state index in [0.717, 1.165) is 0 Å². The SMILES string of the molecule is CCC(C)[C@H](NC(=O)[C@@H]1Cc2ccc(O)c(c2)CC=CCCNCC[C@H](N)C(=O)N[C@@H](CCCCN)C(=O)N2CCC[C@H]2C(=O)N1)C(=O)C[C@@H](CC(C)C)C(=O)O. The number of phenolic OH excluding ortho intramolecular Hbond substituents is 1. The minimum Gasteiger partial charge on any atom is -0.508 e. The van der Waals surface area contributed by atoms with Crippen molar-refractivity contribution in [1.82, 2.24) is 26.2 Å². The largest absolute Gasteiger partial charge is 0.508 e. The van der Waals surface area contributed by atoms with Crippen molar-refractivity contribution in [3.63, 3.8) is 0 Å². The lowest BCUT2D eigenvalue weighted by Crippen LogP contribution is -2.59. The molecule has 57 heavy (non-hydrogen) atoms. The van der Waals surface area contributed by atoms with Gasteiger partial charge in [0.1, 0.15) is 23.9 Å². The van der Waals surface area contributed by atoms with Gasteiger partial charge in [-0.2, -0.15) is 0 Å². The number of Topliss-reactive ketones (excluding diaryl/α,β-unsaturated/α-hetero) is 1. The van der Waals surface area contributed by atoms with Gasteiger partial charge in [-0.05, 0) is 106 Å². The van der Waals surface area contributed by atoms with E-state index < -0.39 is 71.5 Å². The molecule has 1 unspecified atom stereocenters. The molecular formula is C42H67N7O8. The fourth-order valence-corrected chi connectivity index (χ4v) is 7.44. The molecule has 0 aromatic heterocycles. The molecule has 2 heterocycles. The van der Waals surface area contributed by atoms with E-state index >= 15 is 0 Å². The minimum atomic E-state index is -1.20. The maximum absolute atomic E-state index is 14.3.